The van der Waals surface area contributed by atoms with Gasteiger partial charge in [0.15, 0.2) is 0 Å². The summed E-state index contributed by atoms with van der Waals surface area (Å²) in [5.74, 6) is 1.54. The SMILES string of the molecule is COCCNCC(=O)N1CCN(CC(=O)N2CC(C)CC(C)C2)CC1.Cl.Cl. The molecule has 9 heteroatoms. The van der Waals surface area contributed by atoms with Crippen molar-refractivity contribution in [3.63, 3.8) is 0 Å². The van der Waals surface area contributed by atoms with Gasteiger partial charge in [0.25, 0.3) is 0 Å². The van der Waals surface area contributed by atoms with Gasteiger partial charge in [-0.15, -0.1) is 24.8 Å². The molecule has 1 N–H and O–H groups in total. The normalized spacial score (nSPS) is 23.4. The van der Waals surface area contributed by atoms with Crippen LogP contribution >= 0.6 is 24.8 Å². The number of halogens is 2. The Morgan fingerprint density at radius 2 is 1.56 bits per heavy atom. The molecule has 2 unspecified atom stereocenters. The second-order valence-electron chi connectivity index (χ2n) is 7.57. The topological polar surface area (TPSA) is 65.1 Å². The second-order valence-corrected chi connectivity index (χ2v) is 7.57. The molecule has 7 nitrogen and oxygen atoms in total. The van der Waals surface area contributed by atoms with Crippen LogP contribution in [0.25, 0.3) is 0 Å². The van der Waals surface area contributed by atoms with Crippen LogP contribution in [0.5, 0.6) is 0 Å². The fourth-order valence-electron chi connectivity index (χ4n) is 3.79. The predicted molar refractivity (Wildman–Crippen MR) is 112 cm³/mol. The highest BCUT2D eigenvalue weighted by molar-refractivity contribution is 5.85. The lowest BCUT2D eigenvalue weighted by Gasteiger charge is -2.38. The van der Waals surface area contributed by atoms with Gasteiger partial charge in [-0.25, -0.2) is 0 Å². The highest BCUT2D eigenvalue weighted by Gasteiger charge is 2.28. The lowest BCUT2D eigenvalue weighted by atomic mass is 9.92. The van der Waals surface area contributed by atoms with E-state index >= 15 is 0 Å². The molecule has 0 aliphatic carbocycles. The molecule has 160 valence electrons. The van der Waals surface area contributed by atoms with Crippen molar-refractivity contribution < 1.29 is 14.3 Å². The number of likely N-dealkylation sites (tertiary alicyclic amines) is 1. The first-order chi connectivity index (χ1) is 12.0. The summed E-state index contributed by atoms with van der Waals surface area (Å²) in [6.07, 6.45) is 1.21. The van der Waals surface area contributed by atoms with Gasteiger partial charge in [-0.1, -0.05) is 13.8 Å². The molecule has 0 radical (unpaired) electrons. The van der Waals surface area contributed by atoms with Crippen LogP contribution in [-0.4, -0.2) is 99.1 Å². The average Bonchev–Trinajstić information content (AvgIpc) is 2.58. The van der Waals surface area contributed by atoms with Crippen LogP contribution in [0.1, 0.15) is 20.3 Å². The first kappa shape index (κ1) is 26.4. The zero-order valence-electron chi connectivity index (χ0n) is 16.8. The molecule has 2 amide bonds. The van der Waals surface area contributed by atoms with Crippen molar-refractivity contribution in [2.45, 2.75) is 20.3 Å². The molecule has 2 fully saturated rings. The highest BCUT2D eigenvalue weighted by Crippen LogP contribution is 2.21. The lowest BCUT2D eigenvalue weighted by molar-refractivity contribution is -0.136. The molecule has 0 aromatic rings. The molecule has 0 aromatic carbocycles. The van der Waals surface area contributed by atoms with Crippen molar-refractivity contribution in [1.82, 2.24) is 20.0 Å². The summed E-state index contributed by atoms with van der Waals surface area (Å²) in [6, 6.07) is 0. The van der Waals surface area contributed by atoms with Gasteiger partial charge in [0, 0.05) is 52.9 Å². The van der Waals surface area contributed by atoms with Gasteiger partial charge < -0.3 is 19.9 Å². The van der Waals surface area contributed by atoms with Gasteiger partial charge >= 0.3 is 0 Å². The van der Waals surface area contributed by atoms with E-state index in [2.05, 4.69) is 24.1 Å². The van der Waals surface area contributed by atoms with E-state index in [-0.39, 0.29) is 36.6 Å². The van der Waals surface area contributed by atoms with Crippen molar-refractivity contribution in [3.05, 3.63) is 0 Å². The van der Waals surface area contributed by atoms with Crippen LogP contribution in [0.2, 0.25) is 0 Å². The molecule has 0 aromatic heterocycles. The van der Waals surface area contributed by atoms with E-state index < -0.39 is 0 Å². The van der Waals surface area contributed by atoms with Crippen LogP contribution in [0.4, 0.5) is 0 Å². The summed E-state index contributed by atoms with van der Waals surface area (Å²) < 4.78 is 4.95. The van der Waals surface area contributed by atoms with E-state index in [1.807, 2.05) is 9.80 Å². The van der Waals surface area contributed by atoms with Gasteiger partial charge in [0.2, 0.25) is 11.8 Å². The van der Waals surface area contributed by atoms with Crippen LogP contribution in [-0.2, 0) is 14.3 Å². The second kappa shape index (κ2) is 13.6. The minimum atomic E-state index is 0. The van der Waals surface area contributed by atoms with Crippen molar-refractivity contribution in [2.24, 2.45) is 11.8 Å². The fourth-order valence-corrected chi connectivity index (χ4v) is 3.79. The smallest absolute Gasteiger partial charge is 0.236 e. The number of carbonyl (C=O) groups is 2. The quantitative estimate of drug-likeness (QED) is 0.607. The van der Waals surface area contributed by atoms with Gasteiger partial charge in [0.1, 0.15) is 0 Å². The molecular formula is C18H36Cl2N4O3. The Balaban J connectivity index is 0.00000338. The average molecular weight is 427 g/mol. The Labute approximate surface area is 176 Å². The van der Waals surface area contributed by atoms with Gasteiger partial charge in [-0.3, -0.25) is 14.5 Å². The number of ether oxygens (including phenoxy) is 1. The first-order valence-electron chi connectivity index (χ1n) is 9.47. The predicted octanol–water partition coefficient (Wildman–Crippen LogP) is 0.715. The van der Waals surface area contributed by atoms with Crippen molar-refractivity contribution >= 4 is 36.6 Å². The zero-order chi connectivity index (χ0) is 18.2. The lowest BCUT2D eigenvalue weighted by Crippen LogP contribution is -2.54. The molecule has 2 aliphatic heterocycles. The van der Waals surface area contributed by atoms with Crippen LogP contribution < -0.4 is 5.32 Å². The molecule has 27 heavy (non-hydrogen) atoms. The fraction of sp³-hybridized carbons (Fsp3) is 0.889. The third kappa shape index (κ3) is 8.96. The Bertz CT molecular complexity index is 438. The summed E-state index contributed by atoms with van der Waals surface area (Å²) in [6.45, 7) is 11.3. The number of hydrogen-bond acceptors (Lipinski definition) is 5. The van der Waals surface area contributed by atoms with Crippen molar-refractivity contribution in [3.8, 4) is 0 Å². The van der Waals surface area contributed by atoms with E-state index in [1.54, 1.807) is 7.11 Å². The van der Waals surface area contributed by atoms with E-state index in [9.17, 15) is 9.59 Å². The minimum Gasteiger partial charge on any atom is -0.383 e. The Morgan fingerprint density at radius 3 is 2.11 bits per heavy atom. The number of nitrogens with zero attached hydrogens (tertiary/aromatic N) is 3. The third-order valence-corrected chi connectivity index (χ3v) is 5.06. The Morgan fingerprint density at radius 1 is 0.963 bits per heavy atom. The molecule has 2 aliphatic rings. The molecule has 0 saturated carbocycles. The summed E-state index contributed by atoms with van der Waals surface area (Å²) in [5.41, 5.74) is 0. The standard InChI is InChI=1S/C18H34N4O3.2ClH/c1-15-10-16(2)13-22(12-15)18(24)14-20-5-7-21(8-6-20)17(23)11-19-4-9-25-3;;/h15-16,19H,4-14H2,1-3H3;2*1H. The monoisotopic (exact) mass is 426 g/mol. The molecule has 0 bridgehead atoms. The molecule has 2 heterocycles. The minimum absolute atomic E-state index is 0. The maximum atomic E-state index is 12.6. The van der Waals surface area contributed by atoms with E-state index in [0.29, 0.717) is 51.2 Å². The van der Waals surface area contributed by atoms with Crippen LogP contribution in [0.3, 0.4) is 0 Å². The van der Waals surface area contributed by atoms with Crippen molar-refractivity contribution in [2.75, 3.05) is 72.6 Å². The van der Waals surface area contributed by atoms with E-state index in [0.717, 1.165) is 26.2 Å². The summed E-state index contributed by atoms with van der Waals surface area (Å²) >= 11 is 0. The molecule has 2 atom stereocenters. The Kier molecular flexibility index (Phi) is 13.3. The number of carbonyl (C=O) groups excluding carboxylic acids is 2. The number of rotatable bonds is 7. The number of methoxy groups -OCH3 is 1. The maximum Gasteiger partial charge on any atom is 0.236 e. The number of amides is 2. The summed E-state index contributed by atoms with van der Waals surface area (Å²) in [5, 5.41) is 3.09. The van der Waals surface area contributed by atoms with Crippen LogP contribution in [0.15, 0.2) is 0 Å². The highest BCUT2D eigenvalue weighted by atomic mass is 35.5. The number of piperazine rings is 1. The largest absolute Gasteiger partial charge is 0.383 e. The first-order valence-corrected chi connectivity index (χ1v) is 9.47. The number of nitrogens with one attached hydrogen (secondary N) is 1. The molecule has 0 spiro atoms. The summed E-state index contributed by atoms with van der Waals surface area (Å²) in [7, 11) is 1.65. The number of hydrogen-bond donors (Lipinski definition) is 1. The van der Waals surface area contributed by atoms with Gasteiger partial charge in [0.05, 0.1) is 19.7 Å². The van der Waals surface area contributed by atoms with Crippen LogP contribution in [0, 0.1) is 11.8 Å². The van der Waals surface area contributed by atoms with Gasteiger partial charge in [-0.05, 0) is 18.3 Å². The Hall–Kier alpha value is -0.600. The van der Waals surface area contributed by atoms with Gasteiger partial charge in [-0.2, -0.15) is 0 Å². The molecular weight excluding hydrogens is 391 g/mol. The van der Waals surface area contributed by atoms with Crippen molar-refractivity contribution in [1.29, 1.82) is 0 Å². The molecule has 2 saturated heterocycles. The molecule has 2 rings (SSSR count). The number of piperidine rings is 1. The zero-order valence-corrected chi connectivity index (χ0v) is 18.4. The third-order valence-electron chi connectivity index (χ3n) is 5.06. The summed E-state index contributed by atoms with van der Waals surface area (Å²) in [4.78, 5) is 30.8. The van der Waals surface area contributed by atoms with E-state index in [1.165, 1.54) is 6.42 Å². The van der Waals surface area contributed by atoms with E-state index in [4.69, 9.17) is 4.74 Å². The maximum absolute atomic E-state index is 12.6.